The standard InChI is InChI=1S/C21H26N2O4S/c1-16-3-5-20(6-4-16)28(24,25)23-14-21(15-23)11-19(8-10-27-21)26-13-18-12-22-9-7-17(18)2/h3-7,9,12,19H,8,10-11,13-15H2,1-2H3/t19-/m1/s1. The van der Waals surface area contributed by atoms with Gasteiger partial charge in [0, 0.05) is 38.5 Å². The van der Waals surface area contributed by atoms with Crippen LogP contribution in [-0.2, 0) is 26.1 Å². The molecule has 0 saturated carbocycles. The zero-order valence-electron chi connectivity index (χ0n) is 16.3. The highest BCUT2D eigenvalue weighted by molar-refractivity contribution is 7.89. The van der Waals surface area contributed by atoms with E-state index in [0.29, 0.717) is 37.6 Å². The third-order valence-electron chi connectivity index (χ3n) is 5.66. The molecule has 28 heavy (non-hydrogen) atoms. The molecular weight excluding hydrogens is 376 g/mol. The van der Waals surface area contributed by atoms with Crippen molar-refractivity contribution in [2.45, 2.75) is 49.9 Å². The molecule has 150 valence electrons. The summed E-state index contributed by atoms with van der Waals surface area (Å²) in [6, 6.07) is 8.96. The van der Waals surface area contributed by atoms with Crippen molar-refractivity contribution in [2.24, 2.45) is 0 Å². The van der Waals surface area contributed by atoms with Crippen LogP contribution in [0.5, 0.6) is 0 Å². The number of sulfonamides is 1. The second-order valence-electron chi connectivity index (χ2n) is 7.85. The lowest BCUT2D eigenvalue weighted by Gasteiger charge is -2.52. The maximum atomic E-state index is 12.8. The minimum atomic E-state index is -3.47. The number of rotatable bonds is 5. The molecule has 4 rings (SSSR count). The highest BCUT2D eigenvalue weighted by atomic mass is 32.2. The summed E-state index contributed by atoms with van der Waals surface area (Å²) in [7, 11) is -3.47. The van der Waals surface area contributed by atoms with Crippen molar-refractivity contribution in [3.05, 3.63) is 59.4 Å². The zero-order valence-corrected chi connectivity index (χ0v) is 17.1. The number of pyridine rings is 1. The van der Waals surface area contributed by atoms with Crippen LogP contribution in [-0.4, -0.2) is 49.1 Å². The van der Waals surface area contributed by atoms with Crippen molar-refractivity contribution < 1.29 is 17.9 Å². The van der Waals surface area contributed by atoms with Gasteiger partial charge in [-0.3, -0.25) is 4.98 Å². The fraction of sp³-hybridized carbons (Fsp3) is 0.476. The summed E-state index contributed by atoms with van der Waals surface area (Å²) >= 11 is 0. The number of hydrogen-bond donors (Lipinski definition) is 0. The number of aromatic nitrogens is 1. The molecule has 7 heteroatoms. The average molecular weight is 403 g/mol. The number of aryl methyl sites for hydroxylation is 2. The maximum Gasteiger partial charge on any atom is 0.243 e. The quantitative estimate of drug-likeness (QED) is 0.769. The van der Waals surface area contributed by atoms with Gasteiger partial charge in [-0.1, -0.05) is 17.7 Å². The third-order valence-corrected chi connectivity index (χ3v) is 7.46. The highest BCUT2D eigenvalue weighted by Gasteiger charge is 2.52. The molecule has 2 aromatic rings. The van der Waals surface area contributed by atoms with Crippen LogP contribution in [0.1, 0.15) is 29.5 Å². The lowest BCUT2D eigenvalue weighted by atomic mass is 9.86. The van der Waals surface area contributed by atoms with Crippen molar-refractivity contribution in [3.8, 4) is 0 Å². The summed E-state index contributed by atoms with van der Waals surface area (Å²) in [6.45, 7) is 5.87. The van der Waals surface area contributed by atoms with Crippen molar-refractivity contribution in [1.29, 1.82) is 0 Å². The Morgan fingerprint density at radius 2 is 1.96 bits per heavy atom. The molecule has 1 aromatic carbocycles. The van der Waals surface area contributed by atoms with Gasteiger partial charge in [0.05, 0.1) is 23.2 Å². The smallest absolute Gasteiger partial charge is 0.243 e. The van der Waals surface area contributed by atoms with Gasteiger partial charge < -0.3 is 9.47 Å². The molecule has 2 aliphatic heterocycles. The van der Waals surface area contributed by atoms with E-state index in [1.54, 1.807) is 18.3 Å². The maximum absolute atomic E-state index is 12.8. The van der Waals surface area contributed by atoms with E-state index in [2.05, 4.69) is 4.98 Å². The monoisotopic (exact) mass is 402 g/mol. The second-order valence-corrected chi connectivity index (χ2v) is 9.78. The third kappa shape index (κ3) is 3.85. The van der Waals surface area contributed by atoms with Crippen molar-refractivity contribution >= 4 is 10.0 Å². The number of nitrogens with zero attached hydrogens (tertiary/aromatic N) is 2. The van der Waals surface area contributed by atoms with Gasteiger partial charge in [0.1, 0.15) is 0 Å². The molecule has 0 bridgehead atoms. The van der Waals surface area contributed by atoms with E-state index in [4.69, 9.17) is 9.47 Å². The average Bonchev–Trinajstić information content (AvgIpc) is 2.66. The van der Waals surface area contributed by atoms with Crippen molar-refractivity contribution in [2.75, 3.05) is 19.7 Å². The van der Waals surface area contributed by atoms with Crippen molar-refractivity contribution in [1.82, 2.24) is 9.29 Å². The topological polar surface area (TPSA) is 68.7 Å². The predicted molar refractivity (Wildman–Crippen MR) is 105 cm³/mol. The molecule has 0 unspecified atom stereocenters. The van der Waals surface area contributed by atoms with Crippen LogP contribution in [0.2, 0.25) is 0 Å². The van der Waals surface area contributed by atoms with E-state index in [9.17, 15) is 8.42 Å². The SMILES string of the molecule is Cc1ccc(S(=O)(=O)N2CC3(C[C@H](OCc4cnccc4C)CCO3)C2)cc1. The van der Waals surface area contributed by atoms with Gasteiger partial charge in [-0.05, 0) is 49.6 Å². The Bertz CT molecular complexity index is 937. The minimum Gasteiger partial charge on any atom is -0.373 e. The van der Waals surface area contributed by atoms with Crippen LogP contribution < -0.4 is 0 Å². The normalized spacial score (nSPS) is 22.1. The first kappa shape index (κ1) is 19.5. The summed E-state index contributed by atoms with van der Waals surface area (Å²) in [5, 5.41) is 0. The second kappa shape index (κ2) is 7.55. The largest absolute Gasteiger partial charge is 0.373 e. The fourth-order valence-corrected chi connectivity index (χ4v) is 5.42. The fourth-order valence-electron chi connectivity index (χ4n) is 3.83. The van der Waals surface area contributed by atoms with E-state index in [-0.39, 0.29) is 6.10 Å². The first-order valence-electron chi connectivity index (χ1n) is 9.60. The Morgan fingerprint density at radius 3 is 2.68 bits per heavy atom. The van der Waals surface area contributed by atoms with Gasteiger partial charge in [-0.25, -0.2) is 8.42 Å². The minimum absolute atomic E-state index is 0.0672. The number of ether oxygens (including phenoxy) is 2. The summed E-state index contributed by atoms with van der Waals surface area (Å²) in [6.07, 6.45) is 5.22. The van der Waals surface area contributed by atoms with Crippen LogP contribution in [0.15, 0.2) is 47.6 Å². The molecule has 6 nitrogen and oxygen atoms in total. The Morgan fingerprint density at radius 1 is 1.21 bits per heavy atom. The Balaban J connectivity index is 1.36. The molecule has 2 saturated heterocycles. The Labute approximate surface area is 166 Å². The number of hydrogen-bond acceptors (Lipinski definition) is 5. The van der Waals surface area contributed by atoms with E-state index < -0.39 is 15.6 Å². The van der Waals surface area contributed by atoms with Gasteiger partial charge in [0.25, 0.3) is 0 Å². The lowest BCUT2D eigenvalue weighted by molar-refractivity contribution is -0.180. The zero-order chi connectivity index (χ0) is 19.8. The van der Waals surface area contributed by atoms with E-state index in [0.717, 1.165) is 23.1 Å². The molecule has 0 N–H and O–H groups in total. The summed E-state index contributed by atoms with van der Waals surface area (Å²) < 4.78 is 39.2. The van der Waals surface area contributed by atoms with Crippen LogP contribution in [0, 0.1) is 13.8 Å². The molecule has 2 fully saturated rings. The van der Waals surface area contributed by atoms with Gasteiger partial charge in [0.2, 0.25) is 10.0 Å². The Hall–Kier alpha value is -1.80. The summed E-state index contributed by atoms with van der Waals surface area (Å²) in [5.74, 6) is 0. The predicted octanol–water partition coefficient (Wildman–Crippen LogP) is 2.84. The molecule has 1 aromatic heterocycles. The van der Waals surface area contributed by atoms with E-state index in [1.165, 1.54) is 4.31 Å². The molecule has 2 aliphatic rings. The van der Waals surface area contributed by atoms with Crippen LogP contribution in [0.4, 0.5) is 0 Å². The Kier molecular flexibility index (Phi) is 5.26. The van der Waals surface area contributed by atoms with Gasteiger partial charge in [-0.15, -0.1) is 0 Å². The lowest BCUT2D eigenvalue weighted by Crippen LogP contribution is -2.67. The van der Waals surface area contributed by atoms with E-state index in [1.807, 2.05) is 38.2 Å². The van der Waals surface area contributed by atoms with Crippen LogP contribution in [0.3, 0.4) is 0 Å². The first-order chi connectivity index (χ1) is 13.4. The molecule has 0 amide bonds. The molecular formula is C21H26N2O4S. The molecule has 0 radical (unpaired) electrons. The van der Waals surface area contributed by atoms with Gasteiger partial charge in [-0.2, -0.15) is 4.31 Å². The summed E-state index contributed by atoms with van der Waals surface area (Å²) in [5.41, 5.74) is 2.86. The molecule has 1 spiro atoms. The summed E-state index contributed by atoms with van der Waals surface area (Å²) in [4.78, 5) is 4.49. The van der Waals surface area contributed by atoms with Crippen LogP contribution in [0.25, 0.3) is 0 Å². The van der Waals surface area contributed by atoms with E-state index >= 15 is 0 Å². The van der Waals surface area contributed by atoms with Gasteiger partial charge in [0.15, 0.2) is 0 Å². The number of benzene rings is 1. The molecule has 0 aliphatic carbocycles. The molecule has 1 atom stereocenters. The highest BCUT2D eigenvalue weighted by Crippen LogP contribution is 2.38. The van der Waals surface area contributed by atoms with Crippen molar-refractivity contribution in [3.63, 3.8) is 0 Å². The molecule has 3 heterocycles. The van der Waals surface area contributed by atoms with Gasteiger partial charge >= 0.3 is 0 Å². The first-order valence-corrected chi connectivity index (χ1v) is 11.0. The van der Waals surface area contributed by atoms with Crippen LogP contribution >= 0.6 is 0 Å².